The first-order valence-corrected chi connectivity index (χ1v) is 22.1. The first-order valence-electron chi connectivity index (χ1n) is 21.3. The number of rotatable bonds is 5. The van der Waals surface area contributed by atoms with E-state index in [1.54, 1.807) is 11.1 Å². The summed E-state index contributed by atoms with van der Waals surface area (Å²) in [5, 5.41) is 0. The zero-order valence-corrected chi connectivity index (χ0v) is 34.0. The number of benzene rings is 6. The Labute approximate surface area is 337 Å². The third kappa shape index (κ3) is 4.35. The molecule has 1 heterocycles. The highest BCUT2D eigenvalue weighted by molar-refractivity contribution is 7.99. The molecule has 6 aliphatic rings. The lowest BCUT2D eigenvalue weighted by molar-refractivity contribution is -0.235. The smallest absolute Gasteiger partial charge is 0.0540 e. The molecule has 4 saturated carbocycles. The van der Waals surface area contributed by atoms with Crippen molar-refractivity contribution in [3.8, 4) is 22.3 Å². The summed E-state index contributed by atoms with van der Waals surface area (Å²) >= 11 is 2.01. The minimum Gasteiger partial charge on any atom is -0.310 e. The molecule has 2 spiro atoms. The van der Waals surface area contributed by atoms with Crippen LogP contribution in [0.15, 0.2) is 149 Å². The number of hydrogen-bond acceptors (Lipinski definition) is 2. The van der Waals surface area contributed by atoms with E-state index in [-0.39, 0.29) is 16.2 Å². The normalized spacial score (nSPS) is 29.0. The number of hydrogen-bond donors (Lipinski definition) is 0. The van der Waals surface area contributed by atoms with Gasteiger partial charge in [0.1, 0.15) is 0 Å². The number of para-hydroxylation sites is 1. The zero-order chi connectivity index (χ0) is 37.6. The van der Waals surface area contributed by atoms with Crippen LogP contribution in [-0.2, 0) is 16.2 Å². The van der Waals surface area contributed by atoms with E-state index in [0.29, 0.717) is 5.41 Å². The molecule has 12 rings (SSSR count). The van der Waals surface area contributed by atoms with Crippen molar-refractivity contribution >= 4 is 28.8 Å². The summed E-state index contributed by atoms with van der Waals surface area (Å²) in [7, 11) is 0. The highest BCUT2D eigenvalue weighted by Gasteiger charge is 2.84. The molecule has 6 aromatic rings. The Morgan fingerprint density at radius 1 is 0.518 bits per heavy atom. The second kappa shape index (κ2) is 11.5. The zero-order valence-electron chi connectivity index (χ0n) is 33.2. The quantitative estimate of drug-likeness (QED) is 0.173. The first kappa shape index (κ1) is 33.6. The summed E-state index contributed by atoms with van der Waals surface area (Å²) in [4.78, 5) is 5.52. The number of nitrogens with zero attached hydrogens (tertiary/aromatic N) is 1. The van der Waals surface area contributed by atoms with Gasteiger partial charge < -0.3 is 4.90 Å². The largest absolute Gasteiger partial charge is 0.310 e. The van der Waals surface area contributed by atoms with Gasteiger partial charge in [0, 0.05) is 32.1 Å². The lowest BCUT2D eigenvalue weighted by Crippen LogP contribution is -2.74. The van der Waals surface area contributed by atoms with Gasteiger partial charge in [0.2, 0.25) is 0 Å². The van der Waals surface area contributed by atoms with E-state index in [0.717, 1.165) is 23.7 Å². The minimum absolute atomic E-state index is 0.127. The van der Waals surface area contributed by atoms with Crippen LogP contribution in [-0.4, -0.2) is 0 Å². The topological polar surface area (TPSA) is 3.24 Å². The van der Waals surface area contributed by atoms with Crippen LogP contribution >= 0.6 is 11.8 Å². The van der Waals surface area contributed by atoms with E-state index in [9.17, 15) is 0 Å². The van der Waals surface area contributed by atoms with Crippen LogP contribution in [0.5, 0.6) is 0 Å². The molecule has 6 unspecified atom stereocenters. The van der Waals surface area contributed by atoms with Gasteiger partial charge in [-0.1, -0.05) is 137 Å². The maximum absolute atomic E-state index is 2.65. The number of fused-ring (bicyclic) bond motifs is 8. The molecule has 278 valence electrons. The van der Waals surface area contributed by atoms with E-state index in [1.807, 2.05) is 11.8 Å². The Kier molecular flexibility index (Phi) is 6.92. The van der Waals surface area contributed by atoms with Crippen molar-refractivity contribution in [2.24, 2.45) is 29.1 Å². The molecule has 5 aliphatic carbocycles. The van der Waals surface area contributed by atoms with E-state index in [1.165, 1.54) is 98.8 Å². The molecule has 6 atom stereocenters. The van der Waals surface area contributed by atoms with Gasteiger partial charge in [-0.2, -0.15) is 0 Å². The van der Waals surface area contributed by atoms with Crippen molar-refractivity contribution in [2.45, 2.75) is 92.3 Å². The SMILES string of the molecule is CC1(C)CCC(C)(C)c2cc(-c3ccc(N(c4ccc5c(c4)C4(c6ccccc6S5)C5CC6CC7CC4C75C6)c4ccccc4-c4ccccc4)cc3)ccc21. The van der Waals surface area contributed by atoms with Crippen molar-refractivity contribution in [1.82, 2.24) is 0 Å². The summed E-state index contributed by atoms with van der Waals surface area (Å²) in [6.07, 6.45) is 8.26. The molecule has 56 heavy (non-hydrogen) atoms. The monoisotopic (exact) mass is 745 g/mol. The molecular formula is C54H51NS. The molecule has 1 aliphatic heterocycles. The summed E-state index contributed by atoms with van der Waals surface area (Å²) in [5.41, 5.74) is 16.1. The molecule has 4 fully saturated rings. The van der Waals surface area contributed by atoms with Crippen molar-refractivity contribution in [3.63, 3.8) is 0 Å². The standard InChI is InChI=1S/C54H51NS/c1-51(2)26-27-52(3,4)44-30-37(20-24-42(44)51)35-18-21-39(22-19-35)55(46-16-10-8-14-41(46)36-12-6-5-7-13-36)40-23-25-48-45(32-40)54(43-15-9-11-17-47(43)56-48)49-29-34-28-38-31-50(54)53(38,49)33-34/h5-25,30,32,34,38,49-50H,26-29,31,33H2,1-4H3. The van der Waals surface area contributed by atoms with Crippen LogP contribution in [0, 0.1) is 29.1 Å². The molecule has 0 amide bonds. The maximum Gasteiger partial charge on any atom is 0.0540 e. The van der Waals surface area contributed by atoms with Crippen LogP contribution in [0.1, 0.15) is 88.5 Å². The van der Waals surface area contributed by atoms with E-state index in [2.05, 4.69) is 172 Å². The fraction of sp³-hybridized carbons (Fsp3) is 0.333. The summed E-state index contributed by atoms with van der Waals surface area (Å²) in [6.45, 7) is 9.70. The molecule has 6 aromatic carbocycles. The molecular weight excluding hydrogens is 695 g/mol. The van der Waals surface area contributed by atoms with Crippen molar-refractivity contribution in [1.29, 1.82) is 0 Å². The molecule has 0 aromatic heterocycles. The molecule has 0 saturated heterocycles. The van der Waals surface area contributed by atoms with Crippen LogP contribution in [0.3, 0.4) is 0 Å². The predicted octanol–water partition coefficient (Wildman–Crippen LogP) is 14.7. The molecule has 2 heteroatoms. The Morgan fingerprint density at radius 3 is 2.02 bits per heavy atom. The van der Waals surface area contributed by atoms with Crippen LogP contribution in [0.2, 0.25) is 0 Å². The van der Waals surface area contributed by atoms with Gasteiger partial charge in [-0.15, -0.1) is 0 Å². The summed E-state index contributed by atoms with van der Waals surface area (Å²) in [6, 6.07) is 53.8. The molecule has 1 nitrogen and oxygen atoms in total. The van der Waals surface area contributed by atoms with Crippen molar-refractivity contribution in [2.75, 3.05) is 4.90 Å². The van der Waals surface area contributed by atoms with E-state index in [4.69, 9.17) is 0 Å². The van der Waals surface area contributed by atoms with Crippen LogP contribution < -0.4 is 4.90 Å². The fourth-order valence-electron chi connectivity index (χ4n) is 13.7. The Bertz CT molecular complexity index is 2560. The van der Waals surface area contributed by atoms with E-state index < -0.39 is 0 Å². The van der Waals surface area contributed by atoms with Gasteiger partial charge in [-0.25, -0.2) is 0 Å². The van der Waals surface area contributed by atoms with Gasteiger partial charge in [-0.05, 0) is 160 Å². The molecule has 2 bridgehead atoms. The Morgan fingerprint density at radius 2 is 1.20 bits per heavy atom. The maximum atomic E-state index is 2.65. The van der Waals surface area contributed by atoms with Crippen LogP contribution in [0.25, 0.3) is 22.3 Å². The summed E-state index contributed by atoms with van der Waals surface area (Å²) < 4.78 is 0. The second-order valence-corrected chi connectivity index (χ2v) is 20.7. The molecule has 0 N–H and O–H groups in total. The van der Waals surface area contributed by atoms with E-state index >= 15 is 0 Å². The second-order valence-electron chi connectivity index (χ2n) is 19.6. The van der Waals surface area contributed by atoms with Gasteiger partial charge in [0.05, 0.1) is 5.69 Å². The third-order valence-corrected chi connectivity index (χ3v) is 17.4. The van der Waals surface area contributed by atoms with Gasteiger partial charge in [-0.3, -0.25) is 0 Å². The van der Waals surface area contributed by atoms with Crippen molar-refractivity contribution < 1.29 is 0 Å². The lowest BCUT2D eigenvalue weighted by Gasteiger charge is -2.78. The van der Waals surface area contributed by atoms with Gasteiger partial charge >= 0.3 is 0 Å². The van der Waals surface area contributed by atoms with Gasteiger partial charge in [0.25, 0.3) is 0 Å². The van der Waals surface area contributed by atoms with Crippen LogP contribution in [0.4, 0.5) is 17.1 Å². The third-order valence-electron chi connectivity index (χ3n) is 16.3. The average Bonchev–Trinajstić information content (AvgIpc) is 3.76. The first-order chi connectivity index (χ1) is 27.2. The highest BCUT2D eigenvalue weighted by Crippen LogP contribution is 2.89. The average molecular weight is 746 g/mol. The lowest BCUT2D eigenvalue weighted by atomic mass is 9.26. The predicted molar refractivity (Wildman–Crippen MR) is 233 cm³/mol. The number of anilines is 3. The Hall–Kier alpha value is -4.53. The molecule has 0 radical (unpaired) electrons. The fourth-order valence-corrected chi connectivity index (χ4v) is 14.9. The minimum atomic E-state index is 0.127. The summed E-state index contributed by atoms with van der Waals surface area (Å²) in [5.74, 6) is 3.44. The Balaban J connectivity index is 1.01. The highest BCUT2D eigenvalue weighted by atomic mass is 32.2. The van der Waals surface area contributed by atoms with Crippen molar-refractivity contribution in [3.05, 3.63) is 162 Å². The van der Waals surface area contributed by atoms with Gasteiger partial charge in [0.15, 0.2) is 0 Å².